The third kappa shape index (κ3) is 7.40. The third-order valence-corrected chi connectivity index (χ3v) is 2.69. The van der Waals surface area contributed by atoms with E-state index in [1.165, 1.54) is 0 Å². The Morgan fingerprint density at radius 3 is 2.16 bits per heavy atom. The summed E-state index contributed by atoms with van der Waals surface area (Å²) in [6.07, 6.45) is -3.11. The number of alkyl halides is 3. The van der Waals surface area contributed by atoms with E-state index in [1.54, 1.807) is 20.8 Å². The van der Waals surface area contributed by atoms with Crippen LogP contribution < -0.4 is 5.73 Å². The van der Waals surface area contributed by atoms with Gasteiger partial charge in [0.25, 0.3) is 0 Å². The van der Waals surface area contributed by atoms with Crippen LogP contribution in [0.1, 0.15) is 47.0 Å². The highest BCUT2D eigenvalue weighted by Gasteiger charge is 2.46. The number of rotatable bonds is 6. The predicted octanol–water partition coefficient (Wildman–Crippen LogP) is 3.27. The second-order valence-corrected chi connectivity index (χ2v) is 5.96. The predicted molar refractivity (Wildman–Crippen MR) is 67.5 cm³/mol. The van der Waals surface area contributed by atoms with Crippen LogP contribution in [0.15, 0.2) is 0 Å². The maximum atomic E-state index is 12.7. The summed E-state index contributed by atoms with van der Waals surface area (Å²) in [5.41, 5.74) is 4.75. The van der Waals surface area contributed by atoms with Gasteiger partial charge >= 0.3 is 12.1 Å². The van der Waals surface area contributed by atoms with Gasteiger partial charge in [-0.3, -0.25) is 4.79 Å². The van der Waals surface area contributed by atoms with E-state index in [1.807, 2.05) is 6.92 Å². The molecule has 0 saturated carbocycles. The summed E-state index contributed by atoms with van der Waals surface area (Å²) in [5, 5.41) is 0. The first-order valence-corrected chi connectivity index (χ1v) is 6.48. The van der Waals surface area contributed by atoms with Crippen LogP contribution >= 0.6 is 0 Å². The van der Waals surface area contributed by atoms with Crippen molar-refractivity contribution in [3.8, 4) is 0 Å². The van der Waals surface area contributed by atoms with Crippen LogP contribution in [0.4, 0.5) is 13.2 Å². The number of hydrogen-bond donors (Lipinski definition) is 1. The van der Waals surface area contributed by atoms with E-state index >= 15 is 0 Å². The van der Waals surface area contributed by atoms with E-state index in [2.05, 4.69) is 0 Å². The molecule has 0 rings (SSSR count). The van der Waals surface area contributed by atoms with E-state index in [-0.39, 0.29) is 13.0 Å². The Kier molecular flexibility index (Phi) is 6.83. The van der Waals surface area contributed by atoms with E-state index in [0.717, 1.165) is 6.42 Å². The molecule has 0 aliphatic rings. The molecular weight excluding hydrogens is 259 g/mol. The van der Waals surface area contributed by atoms with Gasteiger partial charge in [-0.15, -0.1) is 0 Å². The summed E-state index contributed by atoms with van der Waals surface area (Å²) in [6.45, 7) is 7.34. The molecular formula is C13H24F3NO2. The monoisotopic (exact) mass is 283 g/mol. The molecule has 2 atom stereocenters. The van der Waals surface area contributed by atoms with Crippen molar-refractivity contribution in [1.82, 2.24) is 0 Å². The van der Waals surface area contributed by atoms with Gasteiger partial charge in [0, 0.05) is 0 Å². The van der Waals surface area contributed by atoms with Gasteiger partial charge in [0.05, 0.1) is 12.5 Å². The molecule has 0 bridgehead atoms. The van der Waals surface area contributed by atoms with Crippen LogP contribution in [-0.2, 0) is 9.53 Å². The van der Waals surface area contributed by atoms with Gasteiger partial charge in [-0.05, 0) is 18.3 Å². The quantitative estimate of drug-likeness (QED) is 0.601. The maximum absolute atomic E-state index is 12.7. The summed E-state index contributed by atoms with van der Waals surface area (Å²) in [5.74, 6) is -2.20. The highest BCUT2D eigenvalue weighted by molar-refractivity contribution is 5.73. The fourth-order valence-corrected chi connectivity index (χ4v) is 1.67. The fourth-order valence-electron chi connectivity index (χ4n) is 1.67. The molecule has 6 heteroatoms. The Hall–Kier alpha value is -0.780. The molecule has 0 aromatic carbocycles. The normalized spacial score (nSPS) is 16.0. The zero-order chi connectivity index (χ0) is 15.3. The Morgan fingerprint density at radius 2 is 1.79 bits per heavy atom. The lowest BCUT2D eigenvalue weighted by Gasteiger charge is -2.29. The minimum Gasteiger partial charge on any atom is -0.465 e. The zero-order valence-corrected chi connectivity index (χ0v) is 12.0. The lowest BCUT2D eigenvalue weighted by Crippen LogP contribution is -2.48. The van der Waals surface area contributed by atoms with E-state index in [0.29, 0.717) is 6.42 Å². The lowest BCUT2D eigenvalue weighted by molar-refractivity contribution is -0.178. The Balaban J connectivity index is 4.81. The van der Waals surface area contributed by atoms with E-state index in [9.17, 15) is 18.0 Å². The van der Waals surface area contributed by atoms with Crippen molar-refractivity contribution in [2.45, 2.75) is 59.2 Å². The number of halogens is 3. The van der Waals surface area contributed by atoms with Crippen molar-refractivity contribution < 1.29 is 22.7 Å². The molecule has 3 nitrogen and oxygen atoms in total. The molecule has 0 aromatic rings. The molecule has 2 N–H and O–H groups in total. The zero-order valence-electron chi connectivity index (χ0n) is 12.0. The minimum atomic E-state index is -4.60. The number of carbonyl (C=O) groups is 1. The third-order valence-electron chi connectivity index (χ3n) is 2.69. The van der Waals surface area contributed by atoms with Crippen LogP contribution in [0.25, 0.3) is 0 Å². The van der Waals surface area contributed by atoms with E-state index in [4.69, 9.17) is 10.5 Å². The molecule has 0 aromatic heterocycles. The smallest absolute Gasteiger partial charge is 0.404 e. The highest BCUT2D eigenvalue weighted by Crippen LogP contribution is 2.33. The highest BCUT2D eigenvalue weighted by atomic mass is 19.4. The molecule has 0 unspecified atom stereocenters. The SMILES string of the molecule is CCCCOC(=O)[C@@H](CC(C)(C)C)[C@H](N)C(F)(F)F. The molecule has 0 spiro atoms. The molecule has 0 radical (unpaired) electrons. The van der Waals surface area contributed by atoms with Gasteiger partial charge in [0.1, 0.15) is 6.04 Å². The van der Waals surface area contributed by atoms with Crippen LogP contribution in [-0.4, -0.2) is 24.8 Å². The van der Waals surface area contributed by atoms with Gasteiger partial charge in [-0.2, -0.15) is 13.2 Å². The topological polar surface area (TPSA) is 52.3 Å². The number of unbranched alkanes of at least 4 members (excludes halogenated alkanes) is 1. The van der Waals surface area contributed by atoms with Gasteiger partial charge in [0.2, 0.25) is 0 Å². The van der Waals surface area contributed by atoms with Crippen molar-refractivity contribution >= 4 is 5.97 Å². The first-order chi connectivity index (χ1) is 8.49. The van der Waals surface area contributed by atoms with Crippen molar-refractivity contribution in [3.05, 3.63) is 0 Å². The molecule has 19 heavy (non-hydrogen) atoms. The summed E-state index contributed by atoms with van der Waals surface area (Å²) >= 11 is 0. The fraction of sp³-hybridized carbons (Fsp3) is 0.923. The number of carbonyl (C=O) groups excluding carboxylic acids is 1. The number of esters is 1. The van der Waals surface area contributed by atoms with E-state index < -0.39 is 29.5 Å². The second-order valence-electron chi connectivity index (χ2n) is 5.96. The summed E-state index contributed by atoms with van der Waals surface area (Å²) < 4.78 is 43.0. The Morgan fingerprint density at radius 1 is 1.26 bits per heavy atom. The van der Waals surface area contributed by atoms with Gasteiger partial charge in [-0.1, -0.05) is 34.1 Å². The molecule has 0 aliphatic carbocycles. The molecule has 0 aliphatic heterocycles. The average molecular weight is 283 g/mol. The number of hydrogen-bond acceptors (Lipinski definition) is 3. The number of ether oxygens (including phenoxy) is 1. The number of nitrogens with two attached hydrogens (primary N) is 1. The van der Waals surface area contributed by atoms with Crippen LogP contribution in [0.5, 0.6) is 0 Å². The molecule has 0 fully saturated rings. The Bertz CT molecular complexity index is 285. The minimum absolute atomic E-state index is 0.0403. The van der Waals surface area contributed by atoms with Gasteiger partial charge in [-0.25, -0.2) is 0 Å². The van der Waals surface area contributed by atoms with Gasteiger partial charge in [0.15, 0.2) is 0 Å². The van der Waals surface area contributed by atoms with Gasteiger partial charge < -0.3 is 10.5 Å². The molecule has 114 valence electrons. The van der Waals surface area contributed by atoms with Crippen molar-refractivity contribution in [3.63, 3.8) is 0 Å². The summed E-state index contributed by atoms with van der Waals surface area (Å²) in [4.78, 5) is 11.8. The van der Waals surface area contributed by atoms with Crippen LogP contribution in [0, 0.1) is 11.3 Å². The molecule has 0 heterocycles. The Labute approximate surface area is 112 Å². The van der Waals surface area contributed by atoms with Crippen molar-refractivity contribution in [1.29, 1.82) is 0 Å². The van der Waals surface area contributed by atoms with Crippen molar-refractivity contribution in [2.75, 3.05) is 6.61 Å². The van der Waals surface area contributed by atoms with Crippen LogP contribution in [0.2, 0.25) is 0 Å². The first-order valence-electron chi connectivity index (χ1n) is 6.48. The van der Waals surface area contributed by atoms with Crippen LogP contribution in [0.3, 0.4) is 0 Å². The molecule has 0 saturated heterocycles. The average Bonchev–Trinajstić information content (AvgIpc) is 2.22. The molecule has 0 amide bonds. The summed E-state index contributed by atoms with van der Waals surface area (Å²) in [6, 6.07) is -2.18. The second kappa shape index (κ2) is 7.12. The largest absolute Gasteiger partial charge is 0.465 e. The maximum Gasteiger partial charge on any atom is 0.404 e. The lowest BCUT2D eigenvalue weighted by atomic mass is 9.81. The standard InChI is InChI=1S/C13H24F3NO2/c1-5-6-7-19-11(18)9(8-12(2,3)4)10(17)13(14,15)16/h9-10H,5-8,17H2,1-4H3/t9-,10-/m0/s1. The first kappa shape index (κ1) is 18.2. The van der Waals surface area contributed by atoms with Crippen molar-refractivity contribution in [2.24, 2.45) is 17.1 Å². The summed E-state index contributed by atoms with van der Waals surface area (Å²) in [7, 11) is 0.